The molecule has 2 aromatic rings. The maximum atomic E-state index is 12.7. The Labute approximate surface area is 147 Å². The zero-order chi connectivity index (χ0) is 17.4. The minimum Gasteiger partial charge on any atom is -0.440 e. The third kappa shape index (κ3) is 3.15. The van der Waals surface area contributed by atoms with Crippen LogP contribution in [0.1, 0.15) is 49.1 Å². The smallest absolute Gasteiger partial charge is 0.317 e. The van der Waals surface area contributed by atoms with Crippen LogP contribution in [0.4, 0.5) is 4.79 Å². The Hall–Kier alpha value is -2.31. The van der Waals surface area contributed by atoms with Crippen LogP contribution in [0.2, 0.25) is 0 Å². The first-order valence-electron chi connectivity index (χ1n) is 9.15. The molecule has 3 heterocycles. The Morgan fingerprint density at radius 3 is 2.84 bits per heavy atom. The molecule has 4 rings (SSSR count). The van der Waals surface area contributed by atoms with Crippen LogP contribution in [-0.2, 0) is 20.0 Å². The van der Waals surface area contributed by atoms with E-state index in [1.165, 1.54) is 19.3 Å². The van der Waals surface area contributed by atoms with Crippen LogP contribution >= 0.6 is 0 Å². The van der Waals surface area contributed by atoms with Gasteiger partial charge < -0.3 is 14.6 Å². The number of rotatable bonds is 2. The molecule has 0 bridgehead atoms. The minimum atomic E-state index is 0.0379. The molecule has 0 saturated heterocycles. The third-order valence-corrected chi connectivity index (χ3v) is 5.29. The van der Waals surface area contributed by atoms with Crippen LogP contribution < -0.4 is 5.32 Å². The predicted octanol–water partition coefficient (Wildman–Crippen LogP) is 2.78. The van der Waals surface area contributed by atoms with Gasteiger partial charge in [-0.25, -0.2) is 9.78 Å². The molecule has 1 fully saturated rings. The molecule has 7 nitrogen and oxygen atoms in total. The second-order valence-electron chi connectivity index (χ2n) is 7.13. The van der Waals surface area contributed by atoms with Gasteiger partial charge in [-0.3, -0.25) is 4.68 Å². The van der Waals surface area contributed by atoms with E-state index in [-0.39, 0.29) is 6.03 Å². The summed E-state index contributed by atoms with van der Waals surface area (Å²) in [6.07, 6.45) is 8.41. The van der Waals surface area contributed by atoms with Crippen molar-refractivity contribution in [3.63, 3.8) is 0 Å². The zero-order valence-electron chi connectivity index (χ0n) is 14.9. The van der Waals surface area contributed by atoms with Gasteiger partial charge in [0.15, 0.2) is 5.69 Å². The highest BCUT2D eigenvalue weighted by Crippen LogP contribution is 2.29. The van der Waals surface area contributed by atoms with Gasteiger partial charge in [0, 0.05) is 37.3 Å². The number of nitrogens with zero attached hydrogens (tertiary/aromatic N) is 4. The Bertz CT molecular complexity index is 773. The van der Waals surface area contributed by atoms with Crippen molar-refractivity contribution in [3.8, 4) is 11.6 Å². The molecule has 1 N–H and O–H groups in total. The van der Waals surface area contributed by atoms with E-state index in [0.29, 0.717) is 18.5 Å². The second kappa shape index (κ2) is 6.54. The second-order valence-corrected chi connectivity index (χ2v) is 7.13. The first kappa shape index (κ1) is 16.2. The molecule has 7 heteroatoms. The fourth-order valence-corrected chi connectivity index (χ4v) is 3.91. The number of oxazole rings is 1. The van der Waals surface area contributed by atoms with E-state index < -0.39 is 0 Å². The lowest BCUT2D eigenvalue weighted by Crippen LogP contribution is -2.47. The zero-order valence-corrected chi connectivity index (χ0v) is 14.9. The van der Waals surface area contributed by atoms with Gasteiger partial charge in [-0.15, -0.1) is 0 Å². The standard InChI is InChI=1S/C18H25N5O2/c1-12-10-19-17(25-12)16-14-11-23(9-8-15(14)22(2)21-16)18(24)20-13-6-4-3-5-7-13/h10,13H,3-9,11H2,1-2H3,(H,20,24). The Kier molecular flexibility index (Phi) is 4.23. The van der Waals surface area contributed by atoms with Gasteiger partial charge in [0.25, 0.3) is 0 Å². The van der Waals surface area contributed by atoms with Crippen molar-refractivity contribution >= 4 is 6.03 Å². The monoisotopic (exact) mass is 343 g/mol. The largest absolute Gasteiger partial charge is 0.440 e. The van der Waals surface area contributed by atoms with E-state index in [9.17, 15) is 4.79 Å². The van der Waals surface area contributed by atoms with Gasteiger partial charge in [0.05, 0.1) is 12.7 Å². The number of carbonyl (C=O) groups excluding carboxylic acids is 1. The first-order chi connectivity index (χ1) is 12.1. The molecule has 2 amide bonds. The average Bonchev–Trinajstić information content (AvgIpc) is 3.19. The lowest BCUT2D eigenvalue weighted by Gasteiger charge is -2.31. The summed E-state index contributed by atoms with van der Waals surface area (Å²) in [5, 5.41) is 7.80. The van der Waals surface area contributed by atoms with Crippen molar-refractivity contribution in [2.24, 2.45) is 7.05 Å². The molecule has 2 aliphatic rings. The van der Waals surface area contributed by atoms with Crippen LogP contribution in [0.3, 0.4) is 0 Å². The van der Waals surface area contributed by atoms with Gasteiger partial charge in [0.2, 0.25) is 5.89 Å². The molecule has 2 aromatic heterocycles. The molecule has 0 spiro atoms. The number of hydrogen-bond acceptors (Lipinski definition) is 4. The van der Waals surface area contributed by atoms with Gasteiger partial charge in [0.1, 0.15) is 5.76 Å². The molecule has 0 aromatic carbocycles. The van der Waals surface area contributed by atoms with Crippen molar-refractivity contribution in [2.75, 3.05) is 6.54 Å². The first-order valence-corrected chi connectivity index (χ1v) is 9.15. The highest BCUT2D eigenvalue weighted by molar-refractivity contribution is 5.75. The van der Waals surface area contributed by atoms with Crippen LogP contribution in [0.15, 0.2) is 10.6 Å². The number of aryl methyl sites for hydroxylation is 2. The predicted molar refractivity (Wildman–Crippen MR) is 93.0 cm³/mol. The molecule has 0 unspecified atom stereocenters. The van der Waals surface area contributed by atoms with Crippen molar-refractivity contribution in [2.45, 2.75) is 58.0 Å². The topological polar surface area (TPSA) is 76.2 Å². The summed E-state index contributed by atoms with van der Waals surface area (Å²) >= 11 is 0. The molecule has 1 aliphatic carbocycles. The van der Waals surface area contributed by atoms with Crippen LogP contribution in [-0.4, -0.2) is 38.3 Å². The molecular formula is C18H25N5O2. The van der Waals surface area contributed by atoms with Gasteiger partial charge >= 0.3 is 6.03 Å². The molecular weight excluding hydrogens is 318 g/mol. The summed E-state index contributed by atoms with van der Waals surface area (Å²) in [7, 11) is 1.94. The maximum Gasteiger partial charge on any atom is 0.317 e. The Morgan fingerprint density at radius 2 is 2.12 bits per heavy atom. The van der Waals surface area contributed by atoms with E-state index in [2.05, 4.69) is 15.4 Å². The van der Waals surface area contributed by atoms with E-state index in [4.69, 9.17) is 4.42 Å². The quantitative estimate of drug-likeness (QED) is 0.910. The average molecular weight is 343 g/mol. The van der Waals surface area contributed by atoms with Crippen molar-refractivity contribution in [1.82, 2.24) is 25.0 Å². The number of carbonyl (C=O) groups is 1. The normalized spacial score (nSPS) is 18.2. The SMILES string of the molecule is Cc1cnc(-c2nn(C)c3c2CN(C(=O)NC2CCCCC2)CC3)o1. The van der Waals surface area contributed by atoms with Crippen molar-refractivity contribution in [1.29, 1.82) is 0 Å². The number of urea groups is 1. The highest BCUT2D eigenvalue weighted by Gasteiger charge is 2.29. The lowest BCUT2D eigenvalue weighted by atomic mass is 9.95. The minimum absolute atomic E-state index is 0.0379. The fraction of sp³-hybridized carbons (Fsp3) is 0.611. The number of nitrogens with one attached hydrogen (secondary N) is 1. The summed E-state index contributed by atoms with van der Waals surface area (Å²) in [6, 6.07) is 0.362. The summed E-state index contributed by atoms with van der Waals surface area (Å²) in [4.78, 5) is 18.9. The summed E-state index contributed by atoms with van der Waals surface area (Å²) < 4.78 is 7.55. The lowest BCUT2D eigenvalue weighted by molar-refractivity contribution is 0.184. The van der Waals surface area contributed by atoms with Crippen molar-refractivity contribution < 1.29 is 9.21 Å². The van der Waals surface area contributed by atoms with E-state index in [0.717, 1.165) is 48.5 Å². The fourth-order valence-electron chi connectivity index (χ4n) is 3.91. The van der Waals surface area contributed by atoms with E-state index in [1.54, 1.807) is 6.20 Å². The number of hydrogen-bond donors (Lipinski definition) is 1. The Balaban J connectivity index is 1.53. The molecule has 0 atom stereocenters. The number of aromatic nitrogens is 3. The Morgan fingerprint density at radius 1 is 1.32 bits per heavy atom. The van der Waals surface area contributed by atoms with Gasteiger partial charge in [-0.05, 0) is 19.8 Å². The summed E-state index contributed by atoms with van der Waals surface area (Å²) in [6.45, 7) is 3.14. The van der Waals surface area contributed by atoms with Crippen LogP contribution in [0, 0.1) is 6.92 Å². The van der Waals surface area contributed by atoms with Crippen molar-refractivity contribution in [3.05, 3.63) is 23.2 Å². The molecule has 134 valence electrons. The summed E-state index contributed by atoms with van der Waals surface area (Å²) in [5.41, 5.74) is 2.96. The summed E-state index contributed by atoms with van der Waals surface area (Å²) in [5.74, 6) is 1.29. The maximum absolute atomic E-state index is 12.7. The molecule has 1 saturated carbocycles. The van der Waals surface area contributed by atoms with E-state index >= 15 is 0 Å². The molecule has 1 aliphatic heterocycles. The molecule has 25 heavy (non-hydrogen) atoms. The third-order valence-electron chi connectivity index (χ3n) is 5.29. The van der Waals surface area contributed by atoms with Crippen LogP contribution in [0.25, 0.3) is 11.6 Å². The molecule has 0 radical (unpaired) electrons. The van der Waals surface area contributed by atoms with E-state index in [1.807, 2.05) is 23.6 Å². The van der Waals surface area contributed by atoms with Gasteiger partial charge in [-0.2, -0.15) is 5.10 Å². The highest BCUT2D eigenvalue weighted by atomic mass is 16.4. The van der Waals surface area contributed by atoms with Crippen LogP contribution in [0.5, 0.6) is 0 Å². The van der Waals surface area contributed by atoms with Gasteiger partial charge in [-0.1, -0.05) is 19.3 Å². The number of fused-ring (bicyclic) bond motifs is 1. The number of amides is 2.